The number of allylic oxidation sites excluding steroid dienone is 2. The zero-order valence-corrected chi connectivity index (χ0v) is 21.8. The fourth-order valence-corrected chi connectivity index (χ4v) is 3.74. The Labute approximate surface area is 224 Å². The third-order valence-corrected chi connectivity index (χ3v) is 5.64. The van der Waals surface area contributed by atoms with Gasteiger partial charge < -0.3 is 25.6 Å². The summed E-state index contributed by atoms with van der Waals surface area (Å²) in [5, 5.41) is 7.84. The van der Waals surface area contributed by atoms with E-state index >= 15 is 0 Å². The molecule has 2 amide bonds. The molecule has 0 atom stereocenters. The maximum absolute atomic E-state index is 14.9. The van der Waals surface area contributed by atoms with Gasteiger partial charge in [-0.1, -0.05) is 18.7 Å². The Kier molecular flexibility index (Phi) is 9.52. The fourth-order valence-electron chi connectivity index (χ4n) is 3.74. The number of hydrogen-bond donors (Lipinski definition) is 3. The van der Waals surface area contributed by atoms with E-state index in [2.05, 4.69) is 22.5 Å². The third kappa shape index (κ3) is 8.18. The molecule has 7 nitrogen and oxygen atoms in total. The number of dihydropyridines is 1. The van der Waals surface area contributed by atoms with Gasteiger partial charge in [-0.2, -0.15) is 13.2 Å². The summed E-state index contributed by atoms with van der Waals surface area (Å²) in [6.45, 7) is 6.74. The Hall–Kier alpha value is -4.12. The van der Waals surface area contributed by atoms with Crippen LogP contribution in [0.4, 0.5) is 23.2 Å². The van der Waals surface area contributed by atoms with Crippen LogP contribution in [0.3, 0.4) is 0 Å². The summed E-state index contributed by atoms with van der Waals surface area (Å²) >= 11 is 0. The van der Waals surface area contributed by atoms with Crippen LogP contribution in [0.5, 0.6) is 0 Å². The SMILES string of the molecule is C=C1C=C(OCC)C(c2ccc(CC(=O)Nc3cc(C(=O)NCCN(C)C)cc(C(F)(F)F)c3)c(F)c2)=CN1. The van der Waals surface area contributed by atoms with E-state index in [0.29, 0.717) is 41.8 Å². The van der Waals surface area contributed by atoms with Gasteiger partial charge in [-0.05, 0) is 56.4 Å². The zero-order valence-electron chi connectivity index (χ0n) is 21.8. The molecule has 0 bridgehead atoms. The zero-order chi connectivity index (χ0) is 28.7. The summed E-state index contributed by atoms with van der Waals surface area (Å²) in [6, 6.07) is 6.88. The predicted molar refractivity (Wildman–Crippen MR) is 141 cm³/mol. The van der Waals surface area contributed by atoms with Crippen molar-refractivity contribution in [3.63, 3.8) is 0 Å². The van der Waals surface area contributed by atoms with Gasteiger partial charge in [0.1, 0.15) is 11.6 Å². The van der Waals surface area contributed by atoms with Gasteiger partial charge in [0.2, 0.25) is 5.91 Å². The Bertz CT molecular complexity index is 1320. The molecule has 1 aliphatic rings. The van der Waals surface area contributed by atoms with Crippen LogP contribution in [0, 0.1) is 5.82 Å². The average molecular weight is 547 g/mol. The summed E-state index contributed by atoms with van der Waals surface area (Å²) in [7, 11) is 3.58. The molecule has 1 heterocycles. The van der Waals surface area contributed by atoms with E-state index in [1.54, 1.807) is 37.3 Å². The molecule has 1 aliphatic heterocycles. The summed E-state index contributed by atoms with van der Waals surface area (Å²) in [5.74, 6) is -1.62. The molecule has 0 saturated carbocycles. The molecule has 0 fully saturated rings. The maximum atomic E-state index is 14.9. The number of anilines is 1. The number of likely N-dealkylation sites (N-methyl/N-ethyl adjacent to an activating group) is 1. The first kappa shape index (κ1) is 29.4. The molecular formula is C28H30F4N4O3. The lowest BCUT2D eigenvalue weighted by atomic mass is 9.99. The minimum absolute atomic E-state index is 0.0422. The highest BCUT2D eigenvalue weighted by Gasteiger charge is 2.32. The van der Waals surface area contributed by atoms with Gasteiger partial charge in [0.25, 0.3) is 5.91 Å². The molecule has 3 rings (SSSR count). The van der Waals surface area contributed by atoms with Crippen molar-refractivity contribution in [3.05, 3.63) is 94.8 Å². The molecule has 11 heteroatoms. The highest BCUT2D eigenvalue weighted by Crippen LogP contribution is 2.32. The molecule has 208 valence electrons. The number of alkyl halides is 3. The highest BCUT2D eigenvalue weighted by molar-refractivity contribution is 5.98. The van der Waals surface area contributed by atoms with Gasteiger partial charge in [0.15, 0.2) is 0 Å². The van der Waals surface area contributed by atoms with Crippen molar-refractivity contribution in [3.8, 4) is 0 Å². The van der Waals surface area contributed by atoms with Gasteiger partial charge in [-0.3, -0.25) is 9.59 Å². The Morgan fingerprint density at radius 3 is 2.51 bits per heavy atom. The van der Waals surface area contributed by atoms with Crippen molar-refractivity contribution in [1.29, 1.82) is 0 Å². The van der Waals surface area contributed by atoms with Crippen LogP contribution in [0.1, 0.15) is 34.0 Å². The number of halogens is 4. The number of carbonyl (C=O) groups excluding carboxylic acids is 2. The number of amides is 2. The first-order valence-corrected chi connectivity index (χ1v) is 12.1. The number of nitrogens with one attached hydrogen (secondary N) is 3. The van der Waals surface area contributed by atoms with E-state index in [9.17, 15) is 27.2 Å². The van der Waals surface area contributed by atoms with Crippen LogP contribution in [0.2, 0.25) is 0 Å². The normalized spacial score (nSPS) is 13.4. The molecule has 0 radical (unpaired) electrons. The number of hydrogen-bond acceptors (Lipinski definition) is 5. The van der Waals surface area contributed by atoms with E-state index < -0.39 is 35.8 Å². The van der Waals surface area contributed by atoms with Crippen LogP contribution in [-0.4, -0.2) is 50.5 Å². The predicted octanol–water partition coefficient (Wildman–Crippen LogP) is 4.70. The van der Waals surface area contributed by atoms with Crippen LogP contribution >= 0.6 is 0 Å². The molecule has 0 unspecified atom stereocenters. The molecule has 0 aliphatic carbocycles. The van der Waals surface area contributed by atoms with Crippen molar-refractivity contribution in [2.24, 2.45) is 0 Å². The first-order valence-electron chi connectivity index (χ1n) is 12.1. The molecule has 0 spiro atoms. The highest BCUT2D eigenvalue weighted by atomic mass is 19.4. The lowest BCUT2D eigenvalue weighted by Crippen LogP contribution is -2.31. The minimum atomic E-state index is -4.74. The van der Waals surface area contributed by atoms with Crippen LogP contribution in [0.15, 0.2) is 66.7 Å². The quantitative estimate of drug-likeness (QED) is 0.377. The first-order chi connectivity index (χ1) is 18.4. The summed E-state index contributed by atoms with van der Waals surface area (Å²) in [6.07, 6.45) is -1.86. The van der Waals surface area contributed by atoms with Gasteiger partial charge in [-0.25, -0.2) is 4.39 Å². The van der Waals surface area contributed by atoms with Crippen LogP contribution in [0.25, 0.3) is 5.57 Å². The Morgan fingerprint density at radius 1 is 1.13 bits per heavy atom. The molecule has 0 saturated heterocycles. The van der Waals surface area contributed by atoms with Gasteiger partial charge in [-0.15, -0.1) is 0 Å². The topological polar surface area (TPSA) is 82.7 Å². The van der Waals surface area contributed by atoms with Gasteiger partial charge in [0, 0.05) is 47.9 Å². The second kappa shape index (κ2) is 12.6. The van der Waals surface area contributed by atoms with E-state index in [4.69, 9.17) is 4.74 Å². The molecular weight excluding hydrogens is 516 g/mol. The van der Waals surface area contributed by atoms with E-state index in [-0.39, 0.29) is 23.4 Å². The number of benzene rings is 2. The smallest absolute Gasteiger partial charge is 0.416 e. The number of nitrogens with zero attached hydrogens (tertiary/aromatic N) is 1. The molecule has 2 aromatic rings. The third-order valence-electron chi connectivity index (χ3n) is 5.64. The van der Waals surface area contributed by atoms with Gasteiger partial charge >= 0.3 is 6.18 Å². The lowest BCUT2D eigenvalue weighted by molar-refractivity contribution is -0.137. The Balaban J connectivity index is 1.76. The average Bonchev–Trinajstić information content (AvgIpc) is 2.84. The van der Waals surface area contributed by atoms with E-state index in [0.717, 1.165) is 12.1 Å². The van der Waals surface area contributed by atoms with Crippen molar-refractivity contribution >= 4 is 23.1 Å². The lowest BCUT2D eigenvalue weighted by Gasteiger charge is -2.19. The van der Waals surface area contributed by atoms with Crippen molar-refractivity contribution in [2.45, 2.75) is 19.5 Å². The van der Waals surface area contributed by atoms with E-state index in [1.165, 1.54) is 12.1 Å². The molecule has 2 aromatic carbocycles. The number of ether oxygens (including phenoxy) is 1. The second-order valence-corrected chi connectivity index (χ2v) is 9.06. The minimum Gasteiger partial charge on any atom is -0.493 e. The van der Waals surface area contributed by atoms with Crippen molar-refractivity contribution < 1.29 is 31.9 Å². The monoisotopic (exact) mass is 546 g/mol. The molecule has 3 N–H and O–H groups in total. The summed E-state index contributed by atoms with van der Waals surface area (Å²) in [5.41, 5.74) is 0.169. The Morgan fingerprint density at radius 2 is 1.87 bits per heavy atom. The maximum Gasteiger partial charge on any atom is 0.416 e. The largest absolute Gasteiger partial charge is 0.493 e. The van der Waals surface area contributed by atoms with Crippen LogP contribution in [-0.2, 0) is 22.1 Å². The molecule has 0 aromatic heterocycles. The summed E-state index contributed by atoms with van der Waals surface area (Å²) < 4.78 is 61.0. The summed E-state index contributed by atoms with van der Waals surface area (Å²) in [4.78, 5) is 26.9. The van der Waals surface area contributed by atoms with Gasteiger partial charge in [0.05, 0.1) is 18.6 Å². The number of rotatable bonds is 10. The second-order valence-electron chi connectivity index (χ2n) is 9.06. The number of carbonyl (C=O) groups is 2. The van der Waals surface area contributed by atoms with Crippen molar-refractivity contribution in [2.75, 3.05) is 39.1 Å². The van der Waals surface area contributed by atoms with Crippen LogP contribution < -0.4 is 16.0 Å². The van der Waals surface area contributed by atoms with Crippen molar-refractivity contribution in [1.82, 2.24) is 15.5 Å². The van der Waals surface area contributed by atoms with E-state index in [1.807, 2.05) is 6.92 Å². The molecule has 39 heavy (non-hydrogen) atoms. The standard InChI is InChI=1S/C28H30F4N4O3/c1-5-39-25-10-17(2)34-16-23(25)18-6-7-19(24(29)13-18)14-26(37)35-22-12-20(11-21(15-22)28(30,31)32)27(38)33-8-9-36(3)4/h6-7,10-13,15-16,34H,2,5,8-9,14H2,1,3-4H3,(H,33,38)(H,35,37). The fraction of sp³-hybridized carbons (Fsp3) is 0.286.